The minimum atomic E-state index is 0.810. The van der Waals surface area contributed by atoms with Gasteiger partial charge < -0.3 is 4.90 Å². The third kappa shape index (κ3) is 1.43. The first kappa shape index (κ1) is 8.60. The molecule has 2 heterocycles. The summed E-state index contributed by atoms with van der Waals surface area (Å²) >= 11 is 0. The summed E-state index contributed by atoms with van der Waals surface area (Å²) in [6, 6.07) is 2.08. The van der Waals surface area contributed by atoms with E-state index in [2.05, 4.69) is 29.9 Å². The predicted octanol–water partition coefficient (Wildman–Crippen LogP) is 1.51. The third-order valence-electron chi connectivity index (χ3n) is 2.97. The Balaban J connectivity index is 1.97. The summed E-state index contributed by atoms with van der Waals surface area (Å²) in [6.07, 6.45) is 1.86. The second-order valence-corrected chi connectivity index (χ2v) is 4.22. The normalized spacial score (nSPS) is 18.0. The zero-order chi connectivity index (χ0) is 9.42. The molecule has 3 heteroatoms. The van der Waals surface area contributed by atoms with Gasteiger partial charge in [0.2, 0.25) is 0 Å². The van der Waals surface area contributed by atoms with Crippen LogP contribution in [0.5, 0.6) is 0 Å². The highest BCUT2D eigenvalue weighted by molar-refractivity contribution is 5.41. The average molecular weight is 179 g/mol. The SMILES string of the molecule is CC(C)C1CN(c2ccnn2C)C1. The van der Waals surface area contributed by atoms with E-state index < -0.39 is 0 Å². The second kappa shape index (κ2) is 3.05. The van der Waals surface area contributed by atoms with E-state index >= 15 is 0 Å². The molecule has 1 aliphatic rings. The van der Waals surface area contributed by atoms with Crippen molar-refractivity contribution in [2.45, 2.75) is 13.8 Å². The minimum absolute atomic E-state index is 0.810. The van der Waals surface area contributed by atoms with Crippen LogP contribution in [0.1, 0.15) is 13.8 Å². The molecule has 1 aromatic heterocycles. The van der Waals surface area contributed by atoms with Crippen LogP contribution < -0.4 is 4.90 Å². The Morgan fingerprint density at radius 1 is 1.46 bits per heavy atom. The molecule has 72 valence electrons. The molecular formula is C10H17N3. The number of anilines is 1. The molecule has 0 unspecified atom stereocenters. The number of aryl methyl sites for hydroxylation is 1. The van der Waals surface area contributed by atoms with Gasteiger partial charge in [-0.15, -0.1) is 0 Å². The van der Waals surface area contributed by atoms with E-state index in [4.69, 9.17) is 0 Å². The fourth-order valence-corrected chi connectivity index (χ4v) is 1.80. The number of nitrogens with zero attached hydrogens (tertiary/aromatic N) is 3. The molecule has 0 bridgehead atoms. The Labute approximate surface area is 79.3 Å². The number of hydrogen-bond donors (Lipinski definition) is 0. The van der Waals surface area contributed by atoms with Gasteiger partial charge in [0.15, 0.2) is 0 Å². The topological polar surface area (TPSA) is 21.1 Å². The van der Waals surface area contributed by atoms with Crippen LogP contribution in [0.15, 0.2) is 12.3 Å². The Morgan fingerprint density at radius 2 is 2.15 bits per heavy atom. The minimum Gasteiger partial charge on any atom is -0.356 e. The standard InChI is InChI=1S/C10H17N3/c1-8(2)9-6-13(7-9)10-4-5-11-12(10)3/h4-5,8-9H,6-7H2,1-3H3. The first-order chi connectivity index (χ1) is 6.18. The van der Waals surface area contributed by atoms with Crippen LogP contribution in [-0.2, 0) is 7.05 Å². The lowest BCUT2D eigenvalue weighted by molar-refractivity contribution is 0.305. The van der Waals surface area contributed by atoms with E-state index in [0.29, 0.717) is 0 Å². The van der Waals surface area contributed by atoms with Crippen molar-refractivity contribution >= 4 is 5.82 Å². The molecule has 0 N–H and O–H groups in total. The smallest absolute Gasteiger partial charge is 0.126 e. The molecule has 0 aliphatic carbocycles. The van der Waals surface area contributed by atoms with Gasteiger partial charge in [-0.3, -0.25) is 4.68 Å². The molecular weight excluding hydrogens is 162 g/mol. The molecule has 0 aromatic carbocycles. The van der Waals surface area contributed by atoms with Crippen LogP contribution in [0.25, 0.3) is 0 Å². The van der Waals surface area contributed by atoms with Gasteiger partial charge in [0.1, 0.15) is 5.82 Å². The Bertz CT molecular complexity index is 284. The van der Waals surface area contributed by atoms with Crippen molar-refractivity contribution in [2.75, 3.05) is 18.0 Å². The van der Waals surface area contributed by atoms with Gasteiger partial charge >= 0.3 is 0 Å². The van der Waals surface area contributed by atoms with E-state index in [-0.39, 0.29) is 0 Å². The van der Waals surface area contributed by atoms with Crippen LogP contribution in [0, 0.1) is 11.8 Å². The lowest BCUT2D eigenvalue weighted by Crippen LogP contribution is -2.49. The van der Waals surface area contributed by atoms with Crippen molar-refractivity contribution < 1.29 is 0 Å². The summed E-state index contributed by atoms with van der Waals surface area (Å²) in [5, 5.41) is 4.16. The summed E-state index contributed by atoms with van der Waals surface area (Å²) in [6.45, 7) is 6.98. The maximum Gasteiger partial charge on any atom is 0.126 e. The number of rotatable bonds is 2. The summed E-state index contributed by atoms with van der Waals surface area (Å²) in [7, 11) is 2.00. The van der Waals surface area contributed by atoms with Crippen molar-refractivity contribution in [2.24, 2.45) is 18.9 Å². The van der Waals surface area contributed by atoms with Crippen molar-refractivity contribution in [1.82, 2.24) is 9.78 Å². The molecule has 1 aromatic rings. The van der Waals surface area contributed by atoms with Gasteiger partial charge in [0.25, 0.3) is 0 Å². The fourth-order valence-electron chi connectivity index (χ4n) is 1.80. The van der Waals surface area contributed by atoms with Crippen LogP contribution in [0.4, 0.5) is 5.82 Å². The lowest BCUT2D eigenvalue weighted by Gasteiger charge is -2.42. The first-order valence-electron chi connectivity index (χ1n) is 4.91. The molecule has 3 nitrogen and oxygen atoms in total. The van der Waals surface area contributed by atoms with E-state index in [9.17, 15) is 0 Å². The molecule has 0 spiro atoms. The summed E-state index contributed by atoms with van der Waals surface area (Å²) < 4.78 is 1.94. The highest BCUT2D eigenvalue weighted by Crippen LogP contribution is 2.28. The van der Waals surface area contributed by atoms with E-state index in [1.807, 2.05) is 17.9 Å². The van der Waals surface area contributed by atoms with E-state index in [1.165, 1.54) is 18.9 Å². The van der Waals surface area contributed by atoms with Crippen LogP contribution in [0.3, 0.4) is 0 Å². The zero-order valence-electron chi connectivity index (χ0n) is 8.57. The highest BCUT2D eigenvalue weighted by atomic mass is 15.4. The van der Waals surface area contributed by atoms with Crippen molar-refractivity contribution in [3.63, 3.8) is 0 Å². The number of hydrogen-bond acceptors (Lipinski definition) is 2. The maximum atomic E-state index is 4.16. The Kier molecular flexibility index (Phi) is 2.02. The molecule has 1 saturated heterocycles. The highest BCUT2D eigenvalue weighted by Gasteiger charge is 2.30. The predicted molar refractivity (Wildman–Crippen MR) is 53.7 cm³/mol. The Morgan fingerprint density at radius 3 is 2.62 bits per heavy atom. The molecule has 0 atom stereocenters. The second-order valence-electron chi connectivity index (χ2n) is 4.22. The molecule has 2 rings (SSSR count). The summed E-state index contributed by atoms with van der Waals surface area (Å²) in [4.78, 5) is 2.39. The van der Waals surface area contributed by atoms with Crippen LogP contribution >= 0.6 is 0 Å². The van der Waals surface area contributed by atoms with Gasteiger partial charge in [0.05, 0.1) is 6.20 Å². The lowest BCUT2D eigenvalue weighted by atomic mass is 9.88. The molecule has 1 fully saturated rings. The van der Waals surface area contributed by atoms with Gasteiger partial charge in [0, 0.05) is 26.2 Å². The molecule has 0 saturated carbocycles. The Hall–Kier alpha value is -0.990. The third-order valence-corrected chi connectivity index (χ3v) is 2.97. The van der Waals surface area contributed by atoms with Gasteiger partial charge in [-0.1, -0.05) is 13.8 Å². The first-order valence-corrected chi connectivity index (χ1v) is 4.91. The van der Waals surface area contributed by atoms with E-state index in [1.54, 1.807) is 0 Å². The van der Waals surface area contributed by atoms with Crippen molar-refractivity contribution in [3.05, 3.63) is 12.3 Å². The monoisotopic (exact) mass is 179 g/mol. The maximum absolute atomic E-state index is 4.16. The van der Waals surface area contributed by atoms with Gasteiger partial charge in [-0.25, -0.2) is 0 Å². The molecule has 0 amide bonds. The average Bonchev–Trinajstić information content (AvgIpc) is 2.32. The quantitative estimate of drug-likeness (QED) is 0.686. The zero-order valence-corrected chi connectivity index (χ0v) is 8.57. The summed E-state index contributed by atoms with van der Waals surface area (Å²) in [5.74, 6) is 2.93. The van der Waals surface area contributed by atoms with Crippen molar-refractivity contribution in [3.8, 4) is 0 Å². The van der Waals surface area contributed by atoms with Crippen LogP contribution in [0.2, 0.25) is 0 Å². The molecule has 13 heavy (non-hydrogen) atoms. The fraction of sp³-hybridized carbons (Fsp3) is 0.700. The van der Waals surface area contributed by atoms with Crippen LogP contribution in [-0.4, -0.2) is 22.9 Å². The van der Waals surface area contributed by atoms with Gasteiger partial charge in [-0.2, -0.15) is 5.10 Å². The largest absolute Gasteiger partial charge is 0.356 e. The molecule has 0 radical (unpaired) electrons. The number of aromatic nitrogens is 2. The summed E-state index contributed by atoms with van der Waals surface area (Å²) in [5.41, 5.74) is 0. The van der Waals surface area contributed by atoms with Gasteiger partial charge in [-0.05, 0) is 11.8 Å². The van der Waals surface area contributed by atoms with Crippen molar-refractivity contribution in [1.29, 1.82) is 0 Å². The molecule has 1 aliphatic heterocycles. The van der Waals surface area contributed by atoms with E-state index in [0.717, 1.165) is 11.8 Å².